The van der Waals surface area contributed by atoms with E-state index in [1.807, 2.05) is 0 Å². The van der Waals surface area contributed by atoms with Gasteiger partial charge in [0.15, 0.2) is 0 Å². The Labute approximate surface area is 106 Å². The van der Waals surface area contributed by atoms with Crippen molar-refractivity contribution in [3.63, 3.8) is 0 Å². The summed E-state index contributed by atoms with van der Waals surface area (Å²) in [5.41, 5.74) is 0.881. The lowest BCUT2D eigenvalue weighted by molar-refractivity contribution is -0.0722. The van der Waals surface area contributed by atoms with E-state index in [9.17, 15) is 5.26 Å². The number of nitrogens with zero attached hydrogens (tertiary/aromatic N) is 1. The first-order chi connectivity index (χ1) is 7.89. The van der Waals surface area contributed by atoms with E-state index in [1.165, 1.54) is 25.7 Å². The summed E-state index contributed by atoms with van der Waals surface area (Å²) in [6.07, 6.45) is 5.25. The minimum absolute atomic E-state index is 0.326. The molecule has 0 aromatic carbocycles. The maximum absolute atomic E-state index is 9.38. The highest BCUT2D eigenvalue weighted by Gasteiger charge is 2.64. The van der Waals surface area contributed by atoms with Gasteiger partial charge in [0.25, 0.3) is 0 Å². The Kier molecular flexibility index (Phi) is 2.23. The molecule has 0 spiro atoms. The summed E-state index contributed by atoms with van der Waals surface area (Å²) in [4.78, 5) is 0. The molecule has 6 atom stereocenters. The van der Waals surface area contributed by atoms with E-state index in [4.69, 9.17) is 0 Å². The molecule has 1 nitrogen and oxygen atoms in total. The maximum atomic E-state index is 9.38. The first kappa shape index (κ1) is 11.6. The van der Waals surface area contributed by atoms with Gasteiger partial charge in [-0.25, -0.2) is 0 Å². The van der Waals surface area contributed by atoms with E-state index in [0.717, 1.165) is 23.7 Å². The molecule has 4 saturated carbocycles. The van der Waals surface area contributed by atoms with Crippen molar-refractivity contribution in [1.29, 1.82) is 5.26 Å². The van der Waals surface area contributed by atoms with Crippen LogP contribution in [-0.2, 0) is 0 Å². The maximum Gasteiger partial charge on any atom is 0.0661 e. The van der Waals surface area contributed by atoms with Gasteiger partial charge in [0.2, 0.25) is 0 Å². The Bertz CT molecular complexity index is 379. The van der Waals surface area contributed by atoms with Crippen molar-refractivity contribution in [1.82, 2.24) is 0 Å². The van der Waals surface area contributed by atoms with Crippen LogP contribution < -0.4 is 0 Å². The monoisotopic (exact) mass is 231 g/mol. The van der Waals surface area contributed by atoms with Crippen molar-refractivity contribution in [2.45, 2.75) is 53.4 Å². The lowest BCUT2D eigenvalue weighted by atomic mass is 9.47. The summed E-state index contributed by atoms with van der Waals surface area (Å²) in [7, 11) is 0. The highest BCUT2D eigenvalue weighted by Crippen LogP contribution is 2.71. The average molecular weight is 231 g/mol. The van der Waals surface area contributed by atoms with E-state index >= 15 is 0 Å². The molecular formula is C16H25N. The standard InChI is InChI=1S/C16H25N/c1-10(2)12-6-16(4)9-15(3)7-13(12)14(16)5-11(15)8-17/h10-14H,5-7,9H2,1-4H3/t11-,12-,13+,14+,15-,16+/m1/s1. The zero-order valence-corrected chi connectivity index (χ0v) is 11.7. The van der Waals surface area contributed by atoms with Gasteiger partial charge in [0.1, 0.15) is 0 Å². The molecule has 0 radical (unpaired) electrons. The summed E-state index contributed by atoms with van der Waals surface area (Å²) in [6.45, 7) is 9.70. The number of fused-ring (bicyclic) bond motifs is 1. The topological polar surface area (TPSA) is 23.8 Å². The van der Waals surface area contributed by atoms with E-state index in [0.29, 0.717) is 16.7 Å². The smallest absolute Gasteiger partial charge is 0.0661 e. The third-order valence-electron chi connectivity index (χ3n) is 6.52. The zero-order chi connectivity index (χ0) is 12.4. The van der Waals surface area contributed by atoms with Crippen LogP contribution in [0.1, 0.15) is 53.4 Å². The van der Waals surface area contributed by atoms with Crippen molar-refractivity contribution in [2.75, 3.05) is 0 Å². The number of nitriles is 1. The van der Waals surface area contributed by atoms with Gasteiger partial charge in [-0.2, -0.15) is 5.26 Å². The van der Waals surface area contributed by atoms with E-state index < -0.39 is 0 Å². The molecule has 0 heterocycles. The van der Waals surface area contributed by atoms with Crippen LogP contribution in [0.3, 0.4) is 0 Å². The molecule has 4 bridgehead atoms. The van der Waals surface area contributed by atoms with Crippen LogP contribution in [0.5, 0.6) is 0 Å². The van der Waals surface area contributed by atoms with Crippen molar-refractivity contribution in [2.24, 2.45) is 40.4 Å². The molecule has 0 aromatic rings. The lowest BCUT2D eigenvalue weighted by Crippen LogP contribution is -2.50. The molecule has 0 aliphatic heterocycles. The summed E-state index contributed by atoms with van der Waals surface area (Å²) in [5, 5.41) is 9.38. The Morgan fingerprint density at radius 1 is 1.18 bits per heavy atom. The first-order valence-corrected chi connectivity index (χ1v) is 7.29. The fraction of sp³-hybridized carbons (Fsp3) is 0.938. The van der Waals surface area contributed by atoms with E-state index in [-0.39, 0.29) is 0 Å². The fourth-order valence-electron chi connectivity index (χ4n) is 5.89. The molecule has 4 aliphatic carbocycles. The van der Waals surface area contributed by atoms with Crippen LogP contribution in [0.25, 0.3) is 0 Å². The van der Waals surface area contributed by atoms with Gasteiger partial charge < -0.3 is 0 Å². The summed E-state index contributed by atoms with van der Waals surface area (Å²) >= 11 is 0. The van der Waals surface area contributed by atoms with Crippen molar-refractivity contribution in [3.8, 4) is 6.07 Å². The number of hydrogen-bond donors (Lipinski definition) is 0. The second-order valence-corrected chi connectivity index (χ2v) is 7.99. The van der Waals surface area contributed by atoms with Crippen LogP contribution in [-0.4, -0.2) is 0 Å². The predicted octanol–water partition coefficient (Wildman–Crippen LogP) is 4.24. The molecule has 0 unspecified atom stereocenters. The van der Waals surface area contributed by atoms with Gasteiger partial charge >= 0.3 is 0 Å². The molecule has 1 heteroatoms. The van der Waals surface area contributed by atoms with Gasteiger partial charge in [0, 0.05) is 0 Å². The third kappa shape index (κ3) is 1.36. The van der Waals surface area contributed by atoms with Gasteiger partial charge in [-0.05, 0) is 60.2 Å². The van der Waals surface area contributed by atoms with Gasteiger partial charge in [0.05, 0.1) is 12.0 Å². The highest BCUT2D eigenvalue weighted by atomic mass is 14.7. The van der Waals surface area contributed by atoms with Crippen LogP contribution in [0.2, 0.25) is 0 Å². The minimum Gasteiger partial charge on any atom is -0.198 e. The van der Waals surface area contributed by atoms with Crippen molar-refractivity contribution in [3.05, 3.63) is 0 Å². The number of hydrogen-bond acceptors (Lipinski definition) is 1. The summed E-state index contributed by atoms with van der Waals surface area (Å²) < 4.78 is 0. The molecule has 4 rings (SSSR count). The molecule has 0 aromatic heterocycles. The minimum atomic E-state index is 0.326. The quantitative estimate of drug-likeness (QED) is 0.662. The Hall–Kier alpha value is -0.510. The average Bonchev–Trinajstić information content (AvgIpc) is 2.43. The first-order valence-electron chi connectivity index (χ1n) is 7.29. The molecule has 4 fully saturated rings. The molecule has 4 aliphatic rings. The Balaban J connectivity index is 1.98. The van der Waals surface area contributed by atoms with Crippen LogP contribution in [0, 0.1) is 51.8 Å². The molecule has 0 N–H and O–H groups in total. The Morgan fingerprint density at radius 3 is 2.41 bits per heavy atom. The Morgan fingerprint density at radius 2 is 1.88 bits per heavy atom. The van der Waals surface area contributed by atoms with Crippen LogP contribution >= 0.6 is 0 Å². The van der Waals surface area contributed by atoms with Gasteiger partial charge in [-0.1, -0.05) is 27.7 Å². The molecule has 0 amide bonds. The SMILES string of the molecule is CC(C)[C@H]1C[C@@]2(C)C[C@@]3(C)C[C@@H]1[C@@H]2C[C@@H]3C#N. The molecule has 94 valence electrons. The summed E-state index contributed by atoms with van der Waals surface area (Å²) in [6, 6.07) is 2.61. The molecule has 17 heavy (non-hydrogen) atoms. The second-order valence-electron chi connectivity index (χ2n) is 7.99. The summed E-state index contributed by atoms with van der Waals surface area (Å²) in [5.74, 6) is 3.85. The van der Waals surface area contributed by atoms with E-state index in [1.54, 1.807) is 0 Å². The fourth-order valence-corrected chi connectivity index (χ4v) is 5.89. The zero-order valence-electron chi connectivity index (χ0n) is 11.7. The largest absolute Gasteiger partial charge is 0.198 e. The lowest BCUT2D eigenvalue weighted by Gasteiger charge is -2.57. The van der Waals surface area contributed by atoms with Crippen molar-refractivity contribution >= 4 is 0 Å². The normalized spacial score (nSPS) is 56.2. The van der Waals surface area contributed by atoms with Gasteiger partial charge in [-0.3, -0.25) is 0 Å². The highest BCUT2D eigenvalue weighted by molar-refractivity contribution is 5.16. The van der Waals surface area contributed by atoms with E-state index in [2.05, 4.69) is 33.8 Å². The predicted molar refractivity (Wildman–Crippen MR) is 69.1 cm³/mol. The molecule has 0 saturated heterocycles. The van der Waals surface area contributed by atoms with Gasteiger partial charge in [-0.15, -0.1) is 0 Å². The van der Waals surface area contributed by atoms with Crippen LogP contribution in [0.15, 0.2) is 0 Å². The number of rotatable bonds is 1. The van der Waals surface area contributed by atoms with Crippen LogP contribution in [0.4, 0.5) is 0 Å². The second kappa shape index (κ2) is 3.28. The third-order valence-corrected chi connectivity index (χ3v) is 6.52. The van der Waals surface area contributed by atoms with Crippen molar-refractivity contribution < 1.29 is 0 Å². The molecular weight excluding hydrogens is 206 g/mol.